The number of thioether (sulfide) groups is 1. The molecule has 1 aliphatic heterocycles. The van der Waals surface area contributed by atoms with Gasteiger partial charge in [-0.25, -0.2) is 4.98 Å². The number of imidazole rings is 1. The molecule has 0 radical (unpaired) electrons. The number of pyridine rings is 1. The molecule has 1 unspecified atom stereocenters. The Kier molecular flexibility index (Phi) is 4.56. The molecule has 2 aromatic heterocycles. The number of hydrogen-bond donors (Lipinski definition) is 1. The fourth-order valence-corrected chi connectivity index (χ4v) is 4.09. The van der Waals surface area contributed by atoms with Crippen molar-refractivity contribution in [3.63, 3.8) is 0 Å². The minimum absolute atomic E-state index is 0.0708. The molecule has 5 heteroatoms. The van der Waals surface area contributed by atoms with Crippen molar-refractivity contribution in [2.45, 2.75) is 32.1 Å². The largest absolute Gasteiger partial charge is 0.305 e. The summed E-state index contributed by atoms with van der Waals surface area (Å²) < 4.78 is 1.98. The molecule has 138 valence electrons. The van der Waals surface area contributed by atoms with E-state index in [-0.39, 0.29) is 11.3 Å². The van der Waals surface area contributed by atoms with E-state index in [0.29, 0.717) is 17.3 Å². The van der Waals surface area contributed by atoms with Gasteiger partial charge in [0, 0.05) is 23.4 Å². The third-order valence-corrected chi connectivity index (χ3v) is 5.74. The number of carbonyl (C=O) groups excluding carboxylic acids is 1. The normalized spacial score (nSPS) is 16.8. The molecule has 1 atom stereocenters. The quantitative estimate of drug-likeness (QED) is 0.680. The van der Waals surface area contributed by atoms with Crippen molar-refractivity contribution < 1.29 is 4.79 Å². The van der Waals surface area contributed by atoms with Crippen LogP contribution in [0.3, 0.4) is 0 Å². The van der Waals surface area contributed by atoms with Crippen LogP contribution >= 0.6 is 11.8 Å². The second-order valence-electron chi connectivity index (χ2n) is 7.90. The highest BCUT2D eigenvalue weighted by molar-refractivity contribution is 8.02. The van der Waals surface area contributed by atoms with Crippen LogP contribution in [0.4, 0.5) is 5.82 Å². The van der Waals surface area contributed by atoms with Crippen molar-refractivity contribution in [1.82, 2.24) is 9.38 Å². The van der Waals surface area contributed by atoms with E-state index in [4.69, 9.17) is 0 Å². The zero-order chi connectivity index (χ0) is 19.0. The smallest absolute Gasteiger partial charge is 0.256 e. The van der Waals surface area contributed by atoms with Crippen molar-refractivity contribution in [3.8, 4) is 0 Å². The summed E-state index contributed by atoms with van der Waals surface area (Å²) in [5.74, 6) is 1.94. The first-order valence-electron chi connectivity index (χ1n) is 9.09. The van der Waals surface area contributed by atoms with Crippen molar-refractivity contribution in [2.24, 2.45) is 0 Å². The van der Waals surface area contributed by atoms with E-state index in [0.717, 1.165) is 11.4 Å². The Balaban J connectivity index is 1.52. The second-order valence-corrected chi connectivity index (χ2v) is 8.84. The maximum Gasteiger partial charge on any atom is 0.256 e. The first-order valence-corrected chi connectivity index (χ1v) is 10.1. The Labute approximate surface area is 163 Å². The number of aromatic nitrogens is 2. The van der Waals surface area contributed by atoms with Crippen molar-refractivity contribution >= 4 is 29.1 Å². The lowest BCUT2D eigenvalue weighted by molar-refractivity contribution is 0.102. The van der Waals surface area contributed by atoms with Crippen molar-refractivity contribution in [3.05, 3.63) is 77.0 Å². The van der Waals surface area contributed by atoms with Gasteiger partial charge in [0.05, 0.1) is 6.20 Å². The number of allylic oxidation sites excluding steroid dienone is 1. The van der Waals surface area contributed by atoms with E-state index < -0.39 is 0 Å². The Hall–Kier alpha value is -2.53. The number of carbonyl (C=O) groups is 1. The lowest BCUT2D eigenvalue weighted by atomic mass is 9.87. The summed E-state index contributed by atoms with van der Waals surface area (Å²) in [7, 11) is 0. The van der Waals surface area contributed by atoms with Gasteiger partial charge in [-0.2, -0.15) is 0 Å². The van der Waals surface area contributed by atoms with Crippen LogP contribution in [0.1, 0.15) is 48.2 Å². The zero-order valence-electron chi connectivity index (χ0n) is 15.8. The summed E-state index contributed by atoms with van der Waals surface area (Å²) in [6.45, 7) is 6.48. The number of fused-ring (bicyclic) bond motifs is 1. The predicted molar refractivity (Wildman–Crippen MR) is 113 cm³/mol. The van der Waals surface area contributed by atoms with E-state index in [1.165, 1.54) is 11.1 Å². The van der Waals surface area contributed by atoms with Crippen LogP contribution in [0.2, 0.25) is 0 Å². The van der Waals surface area contributed by atoms with Crippen LogP contribution in [-0.2, 0) is 5.41 Å². The molecule has 1 aromatic carbocycles. The molecule has 1 aliphatic rings. The fraction of sp³-hybridized carbons (Fsp3) is 0.273. The van der Waals surface area contributed by atoms with Gasteiger partial charge in [0.2, 0.25) is 0 Å². The molecule has 3 aromatic rings. The van der Waals surface area contributed by atoms with Gasteiger partial charge in [-0.3, -0.25) is 4.79 Å². The third kappa shape index (κ3) is 3.78. The van der Waals surface area contributed by atoms with Gasteiger partial charge in [0.25, 0.3) is 5.91 Å². The van der Waals surface area contributed by atoms with Crippen LogP contribution in [-0.4, -0.2) is 21.0 Å². The molecule has 0 saturated heterocycles. The summed E-state index contributed by atoms with van der Waals surface area (Å²) in [6.07, 6.45) is 6.19. The third-order valence-electron chi connectivity index (χ3n) is 4.84. The van der Waals surface area contributed by atoms with E-state index in [9.17, 15) is 4.79 Å². The number of nitrogens with one attached hydrogen (secondary N) is 1. The molecule has 0 fully saturated rings. The summed E-state index contributed by atoms with van der Waals surface area (Å²) in [6, 6.07) is 11.9. The average Bonchev–Trinajstić information content (AvgIpc) is 3.29. The molecule has 1 amide bonds. The molecular formula is C22H23N3OS. The van der Waals surface area contributed by atoms with E-state index >= 15 is 0 Å². The van der Waals surface area contributed by atoms with Gasteiger partial charge < -0.3 is 9.72 Å². The second kappa shape index (κ2) is 6.89. The first-order chi connectivity index (χ1) is 12.9. The van der Waals surface area contributed by atoms with E-state index in [1.807, 2.05) is 52.7 Å². The van der Waals surface area contributed by atoms with Crippen LogP contribution in [0.25, 0.3) is 5.65 Å². The van der Waals surface area contributed by atoms with Gasteiger partial charge >= 0.3 is 0 Å². The topological polar surface area (TPSA) is 46.4 Å². The SMILES string of the molecule is CC(C)(C)c1ccc(C(=O)Nc2cn3cc(C4C=CSC4)ccc3n2)cc1. The monoisotopic (exact) mass is 377 g/mol. The molecule has 0 aliphatic carbocycles. The molecule has 4 rings (SSSR count). The van der Waals surface area contributed by atoms with Crippen molar-refractivity contribution in [2.75, 3.05) is 11.1 Å². The van der Waals surface area contributed by atoms with Gasteiger partial charge in [-0.15, -0.1) is 11.8 Å². The fourth-order valence-electron chi connectivity index (χ4n) is 3.17. The Morgan fingerprint density at radius 3 is 2.59 bits per heavy atom. The predicted octanol–water partition coefficient (Wildman–Crippen LogP) is 5.23. The number of nitrogens with zero attached hydrogens (tertiary/aromatic N) is 2. The summed E-state index contributed by atoms with van der Waals surface area (Å²) in [5, 5.41) is 5.06. The maximum atomic E-state index is 12.6. The first kappa shape index (κ1) is 17.9. The van der Waals surface area contributed by atoms with E-state index in [2.05, 4.69) is 54.8 Å². The van der Waals surface area contributed by atoms with Crippen LogP contribution in [0.15, 0.2) is 60.3 Å². The lowest BCUT2D eigenvalue weighted by Crippen LogP contribution is -2.14. The van der Waals surface area contributed by atoms with Gasteiger partial charge in [0.15, 0.2) is 5.82 Å². The summed E-state index contributed by atoms with van der Waals surface area (Å²) >= 11 is 1.83. The molecule has 3 heterocycles. The van der Waals surface area contributed by atoms with E-state index in [1.54, 1.807) is 0 Å². The Morgan fingerprint density at radius 2 is 1.93 bits per heavy atom. The van der Waals surface area contributed by atoms with Crippen LogP contribution < -0.4 is 5.32 Å². The number of amides is 1. The number of benzene rings is 1. The highest BCUT2D eigenvalue weighted by Gasteiger charge is 2.16. The lowest BCUT2D eigenvalue weighted by Gasteiger charge is -2.18. The molecular weight excluding hydrogens is 354 g/mol. The highest BCUT2D eigenvalue weighted by Crippen LogP contribution is 2.30. The summed E-state index contributed by atoms with van der Waals surface area (Å²) in [5.41, 5.74) is 4.00. The minimum atomic E-state index is -0.144. The minimum Gasteiger partial charge on any atom is -0.305 e. The van der Waals surface area contributed by atoms with Crippen molar-refractivity contribution in [1.29, 1.82) is 0 Å². The van der Waals surface area contributed by atoms with Gasteiger partial charge in [0.1, 0.15) is 5.65 Å². The average molecular weight is 378 g/mol. The molecule has 0 saturated carbocycles. The van der Waals surface area contributed by atoms with Crippen LogP contribution in [0, 0.1) is 0 Å². The molecule has 1 N–H and O–H groups in total. The van der Waals surface area contributed by atoms with Gasteiger partial charge in [-0.05, 0) is 40.1 Å². The molecule has 27 heavy (non-hydrogen) atoms. The standard InChI is InChI=1S/C22H23N3OS/c1-22(2,3)18-7-4-15(5-8-18)21(26)24-19-13-25-12-16(6-9-20(25)23-19)17-10-11-27-14-17/h4-13,17H,14H2,1-3H3,(H,24,26). The molecule has 0 spiro atoms. The zero-order valence-corrected chi connectivity index (χ0v) is 16.6. The van der Waals surface area contributed by atoms with Crippen LogP contribution in [0.5, 0.6) is 0 Å². The number of anilines is 1. The highest BCUT2D eigenvalue weighted by atomic mass is 32.2. The molecule has 4 nitrogen and oxygen atoms in total. The maximum absolute atomic E-state index is 12.6. The summed E-state index contributed by atoms with van der Waals surface area (Å²) in [4.78, 5) is 17.1. The number of rotatable bonds is 3. The van der Waals surface area contributed by atoms with Gasteiger partial charge in [-0.1, -0.05) is 45.0 Å². The number of hydrogen-bond acceptors (Lipinski definition) is 3. The molecule has 0 bridgehead atoms. The Morgan fingerprint density at radius 1 is 1.15 bits per heavy atom. The Bertz CT molecular complexity index is 1010.